The first-order chi connectivity index (χ1) is 17.7. The van der Waals surface area contributed by atoms with Crippen LogP contribution in [0.3, 0.4) is 0 Å². The van der Waals surface area contributed by atoms with Crippen LogP contribution in [0.25, 0.3) is 16.0 Å². The number of ether oxygens (including phenoxy) is 1. The molecule has 1 aromatic heterocycles. The van der Waals surface area contributed by atoms with Crippen molar-refractivity contribution in [1.29, 1.82) is 0 Å². The lowest BCUT2D eigenvalue weighted by Gasteiger charge is -2.23. The second-order valence-corrected chi connectivity index (χ2v) is 11.0. The number of hydrogen-bond donors (Lipinski definition) is 1. The molecule has 1 saturated heterocycles. The van der Waals surface area contributed by atoms with Gasteiger partial charge in [0.1, 0.15) is 17.6 Å². The van der Waals surface area contributed by atoms with Crippen LogP contribution < -0.4 is 9.64 Å². The molecule has 2 aliphatic heterocycles. The highest BCUT2D eigenvalue weighted by molar-refractivity contribution is 7.22. The number of anilines is 1. The van der Waals surface area contributed by atoms with E-state index in [2.05, 4.69) is 0 Å². The van der Waals surface area contributed by atoms with Crippen LogP contribution in [0, 0.1) is 13.8 Å². The standard InChI is InChI=1S/C29H23ClN2O4S/c1-14-9-15(2)24-22(10-14)37-29(31-24)32-25(17-5-4-6-20(30)13-17)23(27(34)28(32)35)26(33)18-7-8-21-19(12-18)11-16(3)36-21/h4-10,12-13,16,25,33H,11H2,1-3H3/t16-,25-/m1/s1. The van der Waals surface area contributed by atoms with Gasteiger partial charge in [-0.05, 0) is 79.4 Å². The SMILES string of the molecule is Cc1cc(C)c2nc(N3C(=O)C(=O)C(=C(O)c4ccc5c(c4)C[C@@H](C)O5)[C@H]3c3cccc(Cl)c3)sc2c1. The van der Waals surface area contributed by atoms with E-state index in [4.69, 9.17) is 21.3 Å². The van der Waals surface area contributed by atoms with E-state index in [0.29, 0.717) is 27.7 Å². The van der Waals surface area contributed by atoms with Crippen LogP contribution in [0.1, 0.15) is 40.8 Å². The summed E-state index contributed by atoms with van der Waals surface area (Å²) in [7, 11) is 0. The lowest BCUT2D eigenvalue weighted by molar-refractivity contribution is -0.132. The number of carbonyl (C=O) groups excluding carboxylic acids is 2. The smallest absolute Gasteiger partial charge is 0.301 e. The Bertz CT molecular complexity index is 1660. The molecule has 1 fully saturated rings. The van der Waals surface area contributed by atoms with Crippen LogP contribution in [0.4, 0.5) is 5.13 Å². The Morgan fingerprint density at radius 3 is 2.73 bits per heavy atom. The number of hydrogen-bond acceptors (Lipinski definition) is 6. The molecule has 2 aliphatic rings. The minimum atomic E-state index is -0.885. The monoisotopic (exact) mass is 530 g/mol. The summed E-state index contributed by atoms with van der Waals surface area (Å²) in [5.41, 5.74) is 4.88. The molecule has 0 aliphatic carbocycles. The minimum absolute atomic E-state index is 0.00587. The van der Waals surface area contributed by atoms with Crippen molar-refractivity contribution in [1.82, 2.24) is 4.98 Å². The van der Waals surface area contributed by atoms with Gasteiger partial charge >= 0.3 is 5.91 Å². The summed E-state index contributed by atoms with van der Waals surface area (Å²) in [5.74, 6) is -0.977. The van der Waals surface area contributed by atoms with Crippen LogP contribution in [0.5, 0.6) is 5.75 Å². The molecule has 6 nitrogen and oxygen atoms in total. The van der Waals surface area contributed by atoms with E-state index in [-0.39, 0.29) is 17.4 Å². The summed E-state index contributed by atoms with van der Waals surface area (Å²) in [6.07, 6.45) is 0.739. The van der Waals surface area contributed by atoms with Crippen molar-refractivity contribution in [2.75, 3.05) is 4.90 Å². The molecule has 3 aromatic carbocycles. The Kier molecular flexibility index (Phi) is 5.58. The molecule has 0 spiro atoms. The van der Waals surface area contributed by atoms with Gasteiger partial charge in [0.05, 0.1) is 21.8 Å². The maximum Gasteiger partial charge on any atom is 0.301 e. The summed E-state index contributed by atoms with van der Waals surface area (Å²) in [5, 5.41) is 12.3. The molecular formula is C29H23ClN2O4S. The summed E-state index contributed by atoms with van der Waals surface area (Å²) >= 11 is 7.67. The Labute approximate surface area is 222 Å². The zero-order valence-electron chi connectivity index (χ0n) is 20.4. The summed E-state index contributed by atoms with van der Waals surface area (Å²) in [6, 6.07) is 15.5. The van der Waals surface area contributed by atoms with Crippen molar-refractivity contribution in [3.05, 3.63) is 93.0 Å². The van der Waals surface area contributed by atoms with Crippen molar-refractivity contribution in [3.8, 4) is 5.75 Å². The van der Waals surface area contributed by atoms with Crippen LogP contribution >= 0.6 is 22.9 Å². The number of ketones is 1. The number of rotatable bonds is 3. The van der Waals surface area contributed by atoms with Crippen LogP contribution in [0.2, 0.25) is 5.02 Å². The molecule has 6 rings (SSSR count). The fourth-order valence-electron chi connectivity index (χ4n) is 5.21. The average molecular weight is 531 g/mol. The fraction of sp³-hybridized carbons (Fsp3) is 0.207. The summed E-state index contributed by atoms with van der Waals surface area (Å²) < 4.78 is 6.71. The number of carbonyl (C=O) groups is 2. The van der Waals surface area contributed by atoms with Gasteiger partial charge in [-0.15, -0.1) is 0 Å². The number of aliphatic hydroxyl groups excluding tert-OH is 1. The lowest BCUT2D eigenvalue weighted by atomic mass is 9.94. The second-order valence-electron chi connectivity index (χ2n) is 9.60. The van der Waals surface area contributed by atoms with Crippen LogP contribution in [0.15, 0.2) is 60.2 Å². The number of aromatic nitrogens is 1. The topological polar surface area (TPSA) is 79.7 Å². The van der Waals surface area contributed by atoms with E-state index < -0.39 is 17.7 Å². The Morgan fingerprint density at radius 1 is 1.14 bits per heavy atom. The van der Waals surface area contributed by atoms with E-state index in [1.807, 2.05) is 39.0 Å². The molecule has 0 bridgehead atoms. The molecule has 4 aromatic rings. The van der Waals surface area contributed by atoms with Gasteiger partial charge in [0.15, 0.2) is 5.13 Å². The fourth-order valence-corrected chi connectivity index (χ4v) is 6.58. The predicted octanol–water partition coefficient (Wildman–Crippen LogP) is 6.52. The first-order valence-corrected chi connectivity index (χ1v) is 13.1. The number of aryl methyl sites for hydroxylation is 2. The maximum atomic E-state index is 13.5. The van der Waals surface area contributed by atoms with Gasteiger partial charge in [-0.2, -0.15) is 0 Å². The van der Waals surface area contributed by atoms with Crippen LogP contribution in [-0.4, -0.2) is 27.9 Å². The Morgan fingerprint density at radius 2 is 1.95 bits per heavy atom. The number of amides is 1. The van der Waals surface area contributed by atoms with Gasteiger partial charge in [-0.25, -0.2) is 4.98 Å². The molecule has 1 amide bonds. The van der Waals surface area contributed by atoms with Gasteiger partial charge in [-0.1, -0.05) is 41.1 Å². The van der Waals surface area contributed by atoms with Crippen LogP contribution in [-0.2, 0) is 16.0 Å². The number of nitrogens with zero attached hydrogens (tertiary/aromatic N) is 2. The van der Waals surface area contributed by atoms with E-state index in [1.54, 1.807) is 36.4 Å². The molecule has 0 unspecified atom stereocenters. The van der Waals surface area contributed by atoms with Crippen molar-refractivity contribution in [2.45, 2.75) is 39.3 Å². The largest absolute Gasteiger partial charge is 0.507 e. The van der Waals surface area contributed by atoms with Crippen molar-refractivity contribution in [2.24, 2.45) is 0 Å². The van der Waals surface area contributed by atoms with Gasteiger partial charge < -0.3 is 9.84 Å². The number of halogens is 1. The Balaban J connectivity index is 1.55. The van der Waals surface area contributed by atoms with Crippen molar-refractivity contribution < 1.29 is 19.4 Å². The van der Waals surface area contributed by atoms with Gasteiger partial charge in [0.25, 0.3) is 5.78 Å². The molecule has 0 radical (unpaired) electrons. The van der Waals surface area contributed by atoms with Gasteiger partial charge in [0.2, 0.25) is 0 Å². The predicted molar refractivity (Wildman–Crippen MR) is 146 cm³/mol. The second kappa shape index (κ2) is 8.71. The normalized spacial score (nSPS) is 20.5. The zero-order valence-corrected chi connectivity index (χ0v) is 22.0. The van der Waals surface area contributed by atoms with E-state index in [1.165, 1.54) is 16.2 Å². The highest BCUT2D eigenvalue weighted by atomic mass is 35.5. The quantitative estimate of drug-likeness (QED) is 0.185. The molecule has 186 valence electrons. The van der Waals surface area contributed by atoms with E-state index in [0.717, 1.165) is 32.7 Å². The summed E-state index contributed by atoms with van der Waals surface area (Å²) in [6.45, 7) is 5.96. The van der Waals surface area contributed by atoms with Gasteiger partial charge in [0, 0.05) is 17.0 Å². The molecule has 2 atom stereocenters. The third-order valence-corrected chi connectivity index (χ3v) is 8.04. The average Bonchev–Trinajstić information content (AvgIpc) is 3.51. The molecule has 8 heteroatoms. The maximum absolute atomic E-state index is 13.5. The highest BCUT2D eigenvalue weighted by Gasteiger charge is 2.48. The third-order valence-electron chi connectivity index (χ3n) is 6.80. The lowest BCUT2D eigenvalue weighted by Crippen LogP contribution is -2.29. The molecule has 1 N–H and O–H groups in total. The summed E-state index contributed by atoms with van der Waals surface area (Å²) in [4.78, 5) is 33.2. The number of thiazole rings is 1. The number of benzene rings is 3. The first kappa shape index (κ1) is 23.7. The number of Topliss-reactive ketones (excluding diaryl/α,β-unsaturated/α-hetero) is 1. The van der Waals surface area contributed by atoms with E-state index >= 15 is 0 Å². The zero-order chi connectivity index (χ0) is 26.0. The minimum Gasteiger partial charge on any atom is -0.507 e. The third kappa shape index (κ3) is 3.90. The van der Waals surface area contributed by atoms with Crippen molar-refractivity contribution in [3.63, 3.8) is 0 Å². The Hall–Kier alpha value is -3.68. The van der Waals surface area contributed by atoms with Crippen molar-refractivity contribution >= 4 is 55.7 Å². The van der Waals surface area contributed by atoms with Gasteiger partial charge in [-0.3, -0.25) is 14.5 Å². The molecule has 37 heavy (non-hydrogen) atoms. The highest BCUT2D eigenvalue weighted by Crippen LogP contribution is 2.45. The molecule has 3 heterocycles. The first-order valence-electron chi connectivity index (χ1n) is 12.0. The molecular weight excluding hydrogens is 508 g/mol. The number of aliphatic hydroxyl groups is 1. The van der Waals surface area contributed by atoms with E-state index in [9.17, 15) is 14.7 Å². The number of fused-ring (bicyclic) bond motifs is 2. The molecule has 0 saturated carbocycles.